The van der Waals surface area contributed by atoms with Crippen LogP contribution in [0.25, 0.3) is 0 Å². The summed E-state index contributed by atoms with van der Waals surface area (Å²) in [6, 6.07) is 4.81. The molecule has 0 saturated carbocycles. The number of hydrogen-bond acceptors (Lipinski definition) is 2. The van der Waals surface area contributed by atoms with E-state index in [0.717, 1.165) is 24.1 Å². The Morgan fingerprint density at radius 2 is 2.00 bits per heavy atom. The summed E-state index contributed by atoms with van der Waals surface area (Å²) >= 11 is 6.04. The zero-order chi connectivity index (χ0) is 16.1. The molecule has 2 amide bonds. The summed E-state index contributed by atoms with van der Waals surface area (Å²) in [7, 11) is 0. The summed E-state index contributed by atoms with van der Waals surface area (Å²) in [6.07, 6.45) is 5.72. The third kappa shape index (κ3) is 3.80. The van der Waals surface area contributed by atoms with E-state index >= 15 is 0 Å². The van der Waals surface area contributed by atoms with Gasteiger partial charge in [0, 0.05) is 29.7 Å². The topological polar surface area (TPSA) is 49.4 Å². The number of carbonyl (C=O) groups is 2. The van der Waals surface area contributed by atoms with E-state index in [4.69, 9.17) is 11.6 Å². The van der Waals surface area contributed by atoms with Crippen LogP contribution in [0.3, 0.4) is 0 Å². The lowest BCUT2D eigenvalue weighted by Crippen LogP contribution is -2.37. The SMILES string of the molecule is CCCCCCCN1C(=O)C(NC(C)=O)c2cc(Cl)ccc21. The predicted octanol–water partition coefficient (Wildman–Crippen LogP) is 3.83. The molecule has 0 saturated heterocycles. The average molecular weight is 323 g/mol. The Hall–Kier alpha value is -1.55. The number of unbranched alkanes of at least 4 members (excludes halogenated alkanes) is 4. The third-order valence-corrected chi connectivity index (χ3v) is 4.17. The van der Waals surface area contributed by atoms with Gasteiger partial charge in [-0.3, -0.25) is 9.59 Å². The number of nitrogens with one attached hydrogen (secondary N) is 1. The van der Waals surface area contributed by atoms with Crippen molar-refractivity contribution in [2.45, 2.75) is 52.0 Å². The monoisotopic (exact) mass is 322 g/mol. The fraction of sp³-hybridized carbons (Fsp3) is 0.529. The van der Waals surface area contributed by atoms with Gasteiger partial charge < -0.3 is 10.2 Å². The number of halogens is 1. The molecule has 2 rings (SSSR count). The van der Waals surface area contributed by atoms with E-state index in [-0.39, 0.29) is 11.8 Å². The van der Waals surface area contributed by atoms with Crippen LogP contribution in [-0.4, -0.2) is 18.4 Å². The van der Waals surface area contributed by atoms with Crippen LogP contribution in [0, 0.1) is 0 Å². The number of carbonyl (C=O) groups excluding carboxylic acids is 2. The van der Waals surface area contributed by atoms with E-state index in [1.807, 2.05) is 6.07 Å². The number of amides is 2. The molecule has 0 aliphatic carbocycles. The molecule has 22 heavy (non-hydrogen) atoms. The van der Waals surface area contributed by atoms with E-state index in [1.165, 1.54) is 26.2 Å². The van der Waals surface area contributed by atoms with Crippen molar-refractivity contribution in [2.24, 2.45) is 0 Å². The highest BCUT2D eigenvalue weighted by molar-refractivity contribution is 6.31. The first-order chi connectivity index (χ1) is 10.5. The van der Waals surface area contributed by atoms with Crippen LogP contribution in [0.1, 0.15) is 57.6 Å². The van der Waals surface area contributed by atoms with Crippen LogP contribution in [0.15, 0.2) is 18.2 Å². The Morgan fingerprint density at radius 3 is 2.68 bits per heavy atom. The molecule has 1 aromatic rings. The van der Waals surface area contributed by atoms with Crippen molar-refractivity contribution in [2.75, 3.05) is 11.4 Å². The minimum atomic E-state index is -0.609. The molecule has 0 spiro atoms. The summed E-state index contributed by atoms with van der Waals surface area (Å²) in [5.74, 6) is -0.281. The van der Waals surface area contributed by atoms with Crippen LogP contribution < -0.4 is 10.2 Å². The summed E-state index contributed by atoms with van der Waals surface area (Å²) in [6.45, 7) is 4.29. The van der Waals surface area contributed by atoms with Gasteiger partial charge >= 0.3 is 0 Å². The second-order valence-corrected chi connectivity index (χ2v) is 6.18. The molecular weight excluding hydrogens is 300 g/mol. The van der Waals surface area contributed by atoms with Crippen molar-refractivity contribution in [3.8, 4) is 0 Å². The Bertz CT molecular complexity index is 560. The van der Waals surface area contributed by atoms with Crippen LogP contribution >= 0.6 is 11.6 Å². The molecule has 1 heterocycles. The first-order valence-electron chi connectivity index (χ1n) is 7.92. The Morgan fingerprint density at radius 1 is 1.27 bits per heavy atom. The van der Waals surface area contributed by atoms with Crippen molar-refractivity contribution in [1.29, 1.82) is 0 Å². The smallest absolute Gasteiger partial charge is 0.254 e. The summed E-state index contributed by atoms with van der Waals surface area (Å²) in [5.41, 5.74) is 1.66. The molecule has 0 radical (unpaired) electrons. The summed E-state index contributed by atoms with van der Waals surface area (Å²) in [4.78, 5) is 25.7. The van der Waals surface area contributed by atoms with E-state index in [9.17, 15) is 9.59 Å². The Balaban J connectivity index is 2.11. The van der Waals surface area contributed by atoms with Crippen molar-refractivity contribution in [1.82, 2.24) is 5.32 Å². The molecule has 1 aromatic carbocycles. The van der Waals surface area contributed by atoms with E-state index in [0.29, 0.717) is 11.6 Å². The van der Waals surface area contributed by atoms with E-state index < -0.39 is 6.04 Å². The molecule has 0 fully saturated rings. The fourth-order valence-corrected chi connectivity index (χ4v) is 3.04. The number of hydrogen-bond donors (Lipinski definition) is 1. The first-order valence-corrected chi connectivity index (χ1v) is 8.30. The highest BCUT2D eigenvalue weighted by atomic mass is 35.5. The van der Waals surface area contributed by atoms with Crippen LogP contribution in [0.2, 0.25) is 5.02 Å². The van der Waals surface area contributed by atoms with Crippen LogP contribution in [0.4, 0.5) is 5.69 Å². The number of benzene rings is 1. The van der Waals surface area contributed by atoms with Gasteiger partial charge in [0.2, 0.25) is 5.91 Å². The summed E-state index contributed by atoms with van der Waals surface area (Å²) in [5, 5.41) is 3.30. The van der Waals surface area contributed by atoms with Crippen molar-refractivity contribution >= 4 is 29.1 Å². The zero-order valence-electron chi connectivity index (χ0n) is 13.2. The molecular formula is C17H23ClN2O2. The van der Waals surface area contributed by atoms with Gasteiger partial charge in [-0.25, -0.2) is 0 Å². The molecule has 4 nitrogen and oxygen atoms in total. The number of nitrogens with zero attached hydrogens (tertiary/aromatic N) is 1. The van der Waals surface area contributed by atoms with Crippen LogP contribution in [0.5, 0.6) is 0 Å². The Labute approximate surface area is 136 Å². The van der Waals surface area contributed by atoms with E-state index in [1.54, 1.807) is 17.0 Å². The number of rotatable bonds is 7. The zero-order valence-corrected chi connectivity index (χ0v) is 13.9. The molecule has 0 aromatic heterocycles. The largest absolute Gasteiger partial charge is 0.341 e. The molecule has 1 unspecified atom stereocenters. The first kappa shape index (κ1) is 16.8. The van der Waals surface area contributed by atoms with Gasteiger partial charge in [0.1, 0.15) is 6.04 Å². The maximum Gasteiger partial charge on any atom is 0.254 e. The van der Waals surface area contributed by atoms with Gasteiger partial charge in [-0.1, -0.05) is 44.2 Å². The maximum atomic E-state index is 12.6. The maximum absolute atomic E-state index is 12.6. The molecule has 1 N–H and O–H groups in total. The van der Waals surface area contributed by atoms with Gasteiger partial charge in [0.15, 0.2) is 0 Å². The third-order valence-electron chi connectivity index (χ3n) is 3.94. The van der Waals surface area contributed by atoms with Crippen molar-refractivity contribution in [3.05, 3.63) is 28.8 Å². The van der Waals surface area contributed by atoms with Gasteiger partial charge in [0.25, 0.3) is 5.91 Å². The minimum Gasteiger partial charge on any atom is -0.341 e. The van der Waals surface area contributed by atoms with Crippen molar-refractivity contribution in [3.63, 3.8) is 0 Å². The molecule has 1 aliphatic rings. The normalized spacial score (nSPS) is 16.8. The van der Waals surface area contributed by atoms with Gasteiger partial charge in [-0.15, -0.1) is 0 Å². The lowest BCUT2D eigenvalue weighted by atomic mass is 10.1. The standard InChI is InChI=1S/C17H23ClN2O2/c1-3-4-5-6-7-10-20-15-9-8-13(18)11-14(15)16(17(20)22)19-12(2)21/h8-9,11,16H,3-7,10H2,1-2H3,(H,19,21). The Kier molecular flexibility index (Phi) is 5.83. The van der Waals surface area contributed by atoms with E-state index in [2.05, 4.69) is 12.2 Å². The molecule has 1 aliphatic heterocycles. The second kappa shape index (κ2) is 7.63. The lowest BCUT2D eigenvalue weighted by molar-refractivity contribution is -0.126. The lowest BCUT2D eigenvalue weighted by Gasteiger charge is -2.18. The fourth-order valence-electron chi connectivity index (χ4n) is 2.86. The highest BCUT2D eigenvalue weighted by Gasteiger charge is 2.37. The predicted molar refractivity (Wildman–Crippen MR) is 89.1 cm³/mol. The van der Waals surface area contributed by atoms with Gasteiger partial charge in [-0.05, 0) is 24.6 Å². The quantitative estimate of drug-likeness (QED) is 0.775. The second-order valence-electron chi connectivity index (χ2n) is 5.74. The molecule has 5 heteroatoms. The number of fused-ring (bicyclic) bond motifs is 1. The van der Waals surface area contributed by atoms with Gasteiger partial charge in [-0.2, -0.15) is 0 Å². The molecule has 120 valence electrons. The average Bonchev–Trinajstić information content (AvgIpc) is 2.71. The van der Waals surface area contributed by atoms with Crippen LogP contribution in [-0.2, 0) is 9.59 Å². The minimum absolute atomic E-state index is 0.0667. The highest BCUT2D eigenvalue weighted by Crippen LogP contribution is 2.37. The molecule has 1 atom stereocenters. The molecule has 0 bridgehead atoms. The van der Waals surface area contributed by atoms with Gasteiger partial charge in [0.05, 0.1) is 0 Å². The number of anilines is 1. The summed E-state index contributed by atoms with van der Waals surface area (Å²) < 4.78 is 0. The van der Waals surface area contributed by atoms with Crippen molar-refractivity contribution < 1.29 is 9.59 Å².